The van der Waals surface area contributed by atoms with E-state index in [0.717, 1.165) is 0 Å². The summed E-state index contributed by atoms with van der Waals surface area (Å²) < 4.78 is 3.08. The van der Waals surface area contributed by atoms with Crippen LogP contribution in [0.1, 0.15) is 48.5 Å². The van der Waals surface area contributed by atoms with Crippen molar-refractivity contribution in [2.45, 2.75) is 84.7 Å². The summed E-state index contributed by atoms with van der Waals surface area (Å²) in [5.74, 6) is 0. The standard InChI is InChI=1S/C15H37NSi3/c1-12-13-17-16(18(8,9)14(2,3)4)19(10,11)15(5,6)7/h12-13H,17H2,1-11H3. The highest BCUT2D eigenvalue weighted by molar-refractivity contribution is 6.99. The second-order valence-corrected chi connectivity index (χ2v) is 22.3. The second-order valence-electron chi connectivity index (χ2n) is 8.80. The highest BCUT2D eigenvalue weighted by atomic mass is 28.5. The first-order chi connectivity index (χ1) is 8.19. The molecule has 0 spiro atoms. The zero-order chi connectivity index (χ0) is 15.7. The van der Waals surface area contributed by atoms with Crippen LogP contribution in [0, 0.1) is 0 Å². The van der Waals surface area contributed by atoms with Crippen molar-refractivity contribution in [1.29, 1.82) is 0 Å². The molecule has 0 saturated carbocycles. The van der Waals surface area contributed by atoms with Gasteiger partial charge in [0.1, 0.15) is 26.2 Å². The van der Waals surface area contributed by atoms with Crippen LogP contribution in [0.3, 0.4) is 0 Å². The maximum absolute atomic E-state index is 3.08. The van der Waals surface area contributed by atoms with Gasteiger partial charge in [-0.2, -0.15) is 0 Å². The van der Waals surface area contributed by atoms with Gasteiger partial charge in [-0.1, -0.05) is 79.5 Å². The second kappa shape index (κ2) is 6.00. The Morgan fingerprint density at radius 1 is 0.789 bits per heavy atom. The predicted octanol–water partition coefficient (Wildman–Crippen LogP) is 4.92. The number of rotatable bonds is 4. The summed E-state index contributed by atoms with van der Waals surface area (Å²) in [5.41, 5.74) is 2.49. The average Bonchev–Trinajstić information content (AvgIpc) is 2.13. The fraction of sp³-hybridized carbons (Fsp3) is 0.867. The molecule has 0 heterocycles. The molecule has 4 heteroatoms. The van der Waals surface area contributed by atoms with Gasteiger partial charge < -0.3 is 3.90 Å². The van der Waals surface area contributed by atoms with E-state index >= 15 is 0 Å². The normalized spacial score (nSPS) is 16.2. The molecule has 114 valence electrons. The number of nitrogens with zero attached hydrogens (tertiary/aromatic N) is 1. The predicted molar refractivity (Wildman–Crippen MR) is 99.6 cm³/mol. The van der Waals surface area contributed by atoms with Crippen molar-refractivity contribution >= 4 is 26.2 Å². The molecule has 0 aromatic rings. The molecular formula is C15H37NSi3. The van der Waals surface area contributed by atoms with E-state index in [9.17, 15) is 0 Å². The quantitative estimate of drug-likeness (QED) is 0.666. The minimum atomic E-state index is -1.41. The zero-order valence-corrected chi connectivity index (χ0v) is 18.7. The molecule has 0 N–H and O–H groups in total. The Hall–Kier alpha value is 0.351. The Bertz CT molecular complexity index is 293. The number of hydrogen-bond acceptors (Lipinski definition) is 1. The van der Waals surface area contributed by atoms with E-state index < -0.39 is 16.5 Å². The van der Waals surface area contributed by atoms with E-state index in [1.165, 1.54) is 0 Å². The fourth-order valence-electron chi connectivity index (χ4n) is 2.18. The molecule has 19 heavy (non-hydrogen) atoms. The maximum atomic E-state index is 3.08. The molecule has 0 fully saturated rings. The van der Waals surface area contributed by atoms with Crippen LogP contribution in [0.25, 0.3) is 0 Å². The molecule has 0 bridgehead atoms. The SMILES string of the molecule is CC=C[SiH2]N([Si](C)(C)C(C)(C)C)[Si](C)(C)C(C)(C)C. The van der Waals surface area contributed by atoms with Crippen LogP contribution < -0.4 is 0 Å². The molecular weight excluding hydrogens is 278 g/mol. The molecule has 0 rings (SSSR count). The topological polar surface area (TPSA) is 3.24 Å². The molecule has 0 aliphatic carbocycles. The van der Waals surface area contributed by atoms with Gasteiger partial charge in [-0.3, -0.25) is 0 Å². The first-order valence-corrected chi connectivity index (χ1v) is 14.9. The van der Waals surface area contributed by atoms with Gasteiger partial charge in [0.2, 0.25) is 0 Å². The van der Waals surface area contributed by atoms with Gasteiger partial charge in [0, 0.05) is 0 Å². The largest absolute Gasteiger partial charge is 0.369 e. The van der Waals surface area contributed by atoms with Crippen LogP contribution in [-0.4, -0.2) is 30.0 Å². The summed E-state index contributed by atoms with van der Waals surface area (Å²) in [7, 11) is -3.09. The van der Waals surface area contributed by atoms with E-state index in [-0.39, 0.29) is 9.68 Å². The monoisotopic (exact) mass is 315 g/mol. The summed E-state index contributed by atoms with van der Waals surface area (Å²) in [6.45, 7) is 27.2. The third-order valence-electron chi connectivity index (χ3n) is 5.54. The van der Waals surface area contributed by atoms with E-state index in [0.29, 0.717) is 10.1 Å². The molecule has 1 nitrogen and oxygen atoms in total. The van der Waals surface area contributed by atoms with Crippen LogP contribution in [0.4, 0.5) is 0 Å². The molecule has 0 aliphatic rings. The Morgan fingerprint density at radius 2 is 1.11 bits per heavy atom. The van der Waals surface area contributed by atoms with E-state index in [2.05, 4.69) is 90.3 Å². The van der Waals surface area contributed by atoms with Gasteiger partial charge in [-0.15, -0.1) is 0 Å². The summed E-state index contributed by atoms with van der Waals surface area (Å²) in [4.78, 5) is 0. The van der Waals surface area contributed by atoms with Crippen molar-refractivity contribution < 1.29 is 0 Å². The van der Waals surface area contributed by atoms with Crippen molar-refractivity contribution in [3.8, 4) is 0 Å². The van der Waals surface area contributed by atoms with Gasteiger partial charge in [0.15, 0.2) is 0 Å². The Labute approximate surface area is 126 Å². The molecule has 0 atom stereocenters. The van der Waals surface area contributed by atoms with Crippen LogP contribution in [0.5, 0.6) is 0 Å². The van der Waals surface area contributed by atoms with Crippen molar-refractivity contribution in [2.75, 3.05) is 0 Å². The highest BCUT2D eigenvalue weighted by Gasteiger charge is 2.50. The van der Waals surface area contributed by atoms with Crippen LogP contribution in [-0.2, 0) is 0 Å². The third-order valence-corrected chi connectivity index (χ3v) is 25.8. The Morgan fingerprint density at radius 3 is 1.32 bits per heavy atom. The zero-order valence-electron chi connectivity index (χ0n) is 15.3. The van der Waals surface area contributed by atoms with E-state index in [4.69, 9.17) is 0 Å². The van der Waals surface area contributed by atoms with Gasteiger partial charge >= 0.3 is 0 Å². The van der Waals surface area contributed by atoms with E-state index in [1.54, 1.807) is 0 Å². The first kappa shape index (κ1) is 19.4. The fourth-order valence-corrected chi connectivity index (χ4v) is 18.9. The summed E-state index contributed by atoms with van der Waals surface area (Å²) in [6.07, 6.45) is 2.26. The lowest BCUT2D eigenvalue weighted by molar-refractivity contribution is 0.630. The van der Waals surface area contributed by atoms with Crippen molar-refractivity contribution in [2.24, 2.45) is 0 Å². The van der Waals surface area contributed by atoms with Crippen LogP contribution in [0.2, 0.25) is 36.3 Å². The maximum Gasteiger partial charge on any atom is 0.114 e. The molecule has 0 unspecified atom stereocenters. The smallest absolute Gasteiger partial charge is 0.114 e. The number of hydrogen-bond donors (Lipinski definition) is 0. The van der Waals surface area contributed by atoms with Gasteiger partial charge in [-0.05, 0) is 17.0 Å². The minimum absolute atomic E-state index is 0.266. The molecule has 0 radical (unpaired) electrons. The van der Waals surface area contributed by atoms with E-state index in [1.807, 2.05) is 0 Å². The third kappa shape index (κ3) is 4.16. The van der Waals surface area contributed by atoms with Crippen LogP contribution >= 0.6 is 0 Å². The average molecular weight is 316 g/mol. The molecule has 0 aliphatic heterocycles. The Balaban J connectivity index is 5.72. The van der Waals surface area contributed by atoms with Crippen molar-refractivity contribution in [1.82, 2.24) is 3.90 Å². The summed E-state index contributed by atoms with van der Waals surface area (Å²) in [5, 5.41) is 0.883. The summed E-state index contributed by atoms with van der Waals surface area (Å²) in [6, 6.07) is 0. The molecule has 0 aromatic carbocycles. The highest BCUT2D eigenvalue weighted by Crippen LogP contribution is 2.46. The minimum Gasteiger partial charge on any atom is -0.369 e. The lowest BCUT2D eigenvalue weighted by Crippen LogP contribution is -2.69. The molecule has 0 saturated heterocycles. The van der Waals surface area contributed by atoms with Gasteiger partial charge in [0.25, 0.3) is 0 Å². The first-order valence-electron chi connectivity index (χ1n) is 7.58. The lowest BCUT2D eigenvalue weighted by Gasteiger charge is -2.57. The summed E-state index contributed by atoms with van der Waals surface area (Å²) >= 11 is 0. The molecule has 0 amide bonds. The van der Waals surface area contributed by atoms with Gasteiger partial charge in [-0.25, -0.2) is 0 Å². The van der Waals surface area contributed by atoms with Gasteiger partial charge in [0.05, 0.1) is 0 Å². The van der Waals surface area contributed by atoms with Crippen LogP contribution in [0.15, 0.2) is 11.8 Å². The molecule has 0 aromatic heterocycles. The Kier molecular flexibility index (Phi) is 6.11. The van der Waals surface area contributed by atoms with Crippen molar-refractivity contribution in [3.05, 3.63) is 11.8 Å². The van der Waals surface area contributed by atoms with Crippen molar-refractivity contribution in [3.63, 3.8) is 0 Å². The lowest BCUT2D eigenvalue weighted by atomic mass is 10.2. The number of allylic oxidation sites excluding steroid dienone is 1.